The number of piperazine rings is 1. The number of nitrogens with zero attached hydrogens (tertiary/aromatic N) is 4. The van der Waals surface area contributed by atoms with Gasteiger partial charge in [-0.25, -0.2) is 4.98 Å². The Morgan fingerprint density at radius 1 is 0.938 bits per heavy atom. The molecule has 0 radical (unpaired) electrons. The third-order valence-electron chi connectivity index (χ3n) is 7.42. The molecule has 1 atom stereocenters. The van der Waals surface area contributed by atoms with Crippen molar-refractivity contribution in [2.75, 3.05) is 42.5 Å². The predicted octanol–water partition coefficient (Wildman–Crippen LogP) is 4.79. The van der Waals surface area contributed by atoms with Crippen molar-refractivity contribution in [2.45, 2.75) is 51.0 Å². The molecule has 2 aromatic rings. The highest BCUT2D eigenvalue weighted by atomic mass is 35.5. The summed E-state index contributed by atoms with van der Waals surface area (Å²) >= 11 is 6.09. The summed E-state index contributed by atoms with van der Waals surface area (Å²) in [7, 11) is 0. The van der Waals surface area contributed by atoms with E-state index in [0.29, 0.717) is 11.1 Å². The molecule has 1 aliphatic carbocycles. The molecule has 0 N–H and O–H groups in total. The van der Waals surface area contributed by atoms with Crippen LogP contribution in [0.1, 0.15) is 44.1 Å². The van der Waals surface area contributed by atoms with Crippen LogP contribution in [0.2, 0.25) is 5.15 Å². The number of para-hydroxylation sites is 1. The van der Waals surface area contributed by atoms with Crippen molar-refractivity contribution >= 4 is 29.0 Å². The third kappa shape index (κ3) is 4.65. The van der Waals surface area contributed by atoms with E-state index in [9.17, 15) is 4.79 Å². The first-order valence-corrected chi connectivity index (χ1v) is 12.6. The predicted molar refractivity (Wildman–Crippen MR) is 131 cm³/mol. The number of aryl methyl sites for hydroxylation is 1. The number of amides is 1. The van der Waals surface area contributed by atoms with Gasteiger partial charge in [0.1, 0.15) is 11.0 Å². The van der Waals surface area contributed by atoms with E-state index in [4.69, 9.17) is 11.6 Å². The normalized spacial score (nSPS) is 22.6. The summed E-state index contributed by atoms with van der Waals surface area (Å²) in [6.45, 7) is 4.79. The number of pyridine rings is 1. The average Bonchev–Trinajstić information content (AvgIpc) is 2.84. The van der Waals surface area contributed by atoms with Gasteiger partial charge in [-0.3, -0.25) is 9.69 Å². The van der Waals surface area contributed by atoms with Gasteiger partial charge in [-0.05, 0) is 49.4 Å². The highest BCUT2D eigenvalue weighted by Crippen LogP contribution is 2.35. The van der Waals surface area contributed by atoms with E-state index in [-0.39, 0.29) is 12.0 Å². The van der Waals surface area contributed by atoms with E-state index in [1.165, 1.54) is 24.8 Å². The van der Waals surface area contributed by atoms with Gasteiger partial charge in [-0.15, -0.1) is 0 Å². The lowest BCUT2D eigenvalue weighted by molar-refractivity contribution is -0.124. The van der Waals surface area contributed by atoms with E-state index in [1.807, 2.05) is 18.2 Å². The molecule has 1 unspecified atom stereocenters. The quantitative estimate of drug-likeness (QED) is 0.625. The van der Waals surface area contributed by atoms with Crippen LogP contribution in [0, 0.1) is 5.92 Å². The number of rotatable bonds is 4. The van der Waals surface area contributed by atoms with Crippen molar-refractivity contribution < 1.29 is 4.79 Å². The fourth-order valence-electron chi connectivity index (χ4n) is 5.65. The molecule has 1 amide bonds. The van der Waals surface area contributed by atoms with Crippen molar-refractivity contribution in [1.82, 2.24) is 9.88 Å². The van der Waals surface area contributed by atoms with E-state index in [0.717, 1.165) is 69.9 Å². The zero-order chi connectivity index (χ0) is 21.9. The van der Waals surface area contributed by atoms with Gasteiger partial charge in [0, 0.05) is 50.4 Å². The molecule has 2 aliphatic heterocycles. The Morgan fingerprint density at radius 3 is 2.50 bits per heavy atom. The number of carbonyl (C=O) groups is 1. The van der Waals surface area contributed by atoms with Crippen LogP contribution in [0.4, 0.5) is 11.5 Å². The summed E-state index contributed by atoms with van der Waals surface area (Å²) in [4.78, 5) is 25.2. The molecule has 1 saturated heterocycles. The second kappa shape index (κ2) is 9.80. The third-order valence-corrected chi connectivity index (χ3v) is 7.63. The van der Waals surface area contributed by atoms with E-state index in [1.54, 1.807) is 0 Å². The number of anilines is 2. The number of hydrogen-bond donors (Lipinski definition) is 0. The van der Waals surface area contributed by atoms with Gasteiger partial charge in [0.15, 0.2) is 0 Å². The summed E-state index contributed by atoms with van der Waals surface area (Å²) in [5.74, 6) is 1.52. The molecular weight excluding hydrogens is 420 g/mol. The van der Waals surface area contributed by atoms with Gasteiger partial charge in [0.25, 0.3) is 0 Å². The molecule has 0 spiro atoms. The van der Waals surface area contributed by atoms with Crippen LogP contribution in [0.5, 0.6) is 0 Å². The topological polar surface area (TPSA) is 39.7 Å². The molecule has 2 fully saturated rings. The summed E-state index contributed by atoms with van der Waals surface area (Å²) in [6.07, 6.45) is 7.86. The van der Waals surface area contributed by atoms with Crippen molar-refractivity contribution in [3.63, 3.8) is 0 Å². The lowest BCUT2D eigenvalue weighted by Crippen LogP contribution is -2.55. The zero-order valence-corrected chi connectivity index (χ0v) is 19.5. The number of hydrogen-bond acceptors (Lipinski definition) is 4. The second-order valence-corrected chi connectivity index (χ2v) is 9.86. The van der Waals surface area contributed by atoms with Gasteiger partial charge in [-0.1, -0.05) is 55.1 Å². The Kier molecular flexibility index (Phi) is 6.65. The maximum atomic E-state index is 13.7. The minimum absolute atomic E-state index is 0.197. The number of fused-ring (bicyclic) bond motifs is 1. The summed E-state index contributed by atoms with van der Waals surface area (Å²) in [6, 6.07) is 14.6. The van der Waals surface area contributed by atoms with Gasteiger partial charge in [0.2, 0.25) is 5.91 Å². The molecule has 6 heteroatoms. The van der Waals surface area contributed by atoms with Crippen LogP contribution < -0.4 is 9.80 Å². The van der Waals surface area contributed by atoms with E-state index in [2.05, 4.69) is 43.9 Å². The molecule has 32 heavy (non-hydrogen) atoms. The molecule has 3 aliphatic rings. The summed E-state index contributed by atoms with van der Waals surface area (Å²) in [5.41, 5.74) is 2.48. The van der Waals surface area contributed by atoms with Gasteiger partial charge >= 0.3 is 0 Å². The van der Waals surface area contributed by atoms with E-state index >= 15 is 0 Å². The molecule has 1 aromatic heterocycles. The minimum Gasteiger partial charge on any atom is -0.354 e. The lowest BCUT2D eigenvalue weighted by Gasteiger charge is -2.43. The second-order valence-electron chi connectivity index (χ2n) is 9.47. The van der Waals surface area contributed by atoms with Gasteiger partial charge in [-0.2, -0.15) is 0 Å². The number of benzene rings is 1. The summed E-state index contributed by atoms with van der Waals surface area (Å²) in [5, 5.41) is 0.544. The highest BCUT2D eigenvalue weighted by Gasteiger charge is 2.36. The number of aromatic nitrogens is 1. The van der Waals surface area contributed by atoms with Crippen molar-refractivity contribution in [3.05, 3.63) is 53.2 Å². The monoisotopic (exact) mass is 452 g/mol. The fourth-order valence-corrected chi connectivity index (χ4v) is 5.81. The van der Waals surface area contributed by atoms with Crippen LogP contribution in [0.25, 0.3) is 0 Å². The van der Waals surface area contributed by atoms with Crippen molar-refractivity contribution in [2.24, 2.45) is 5.92 Å². The number of carbonyl (C=O) groups excluding carboxylic acids is 1. The Labute approximate surface area is 196 Å². The molecule has 1 saturated carbocycles. The molecule has 3 heterocycles. The minimum atomic E-state index is 0.197. The van der Waals surface area contributed by atoms with Crippen LogP contribution in [-0.4, -0.2) is 54.6 Å². The van der Waals surface area contributed by atoms with Crippen LogP contribution in [0.3, 0.4) is 0 Å². The first-order chi connectivity index (χ1) is 15.7. The smallest absolute Gasteiger partial charge is 0.230 e. The largest absolute Gasteiger partial charge is 0.354 e. The zero-order valence-electron chi connectivity index (χ0n) is 18.8. The highest BCUT2D eigenvalue weighted by molar-refractivity contribution is 6.29. The maximum Gasteiger partial charge on any atom is 0.230 e. The molecule has 1 aromatic carbocycles. The summed E-state index contributed by atoms with van der Waals surface area (Å²) < 4.78 is 0. The molecule has 170 valence electrons. The van der Waals surface area contributed by atoms with Crippen molar-refractivity contribution in [3.8, 4) is 0 Å². The molecule has 5 rings (SSSR count). The standard InChI is InChI=1S/C26H33ClN4O/c27-24-11-6-12-25(28-24)30-17-15-29(16-18-30)19-22-14-13-20-7-4-5-10-23(20)31(22)26(32)21-8-2-1-3-9-21/h4-7,10-12,21-22H,1-3,8-9,13-19H2. The Balaban J connectivity index is 1.28. The molecule has 0 bridgehead atoms. The SMILES string of the molecule is O=C(C1CCCCC1)N1c2ccccc2CCC1CN1CCN(c2cccc(Cl)n2)CC1. The maximum absolute atomic E-state index is 13.7. The van der Waals surface area contributed by atoms with Crippen LogP contribution in [0.15, 0.2) is 42.5 Å². The Morgan fingerprint density at radius 2 is 1.72 bits per heavy atom. The van der Waals surface area contributed by atoms with Crippen LogP contribution >= 0.6 is 11.6 Å². The van der Waals surface area contributed by atoms with Crippen LogP contribution in [-0.2, 0) is 11.2 Å². The van der Waals surface area contributed by atoms with Crippen molar-refractivity contribution in [1.29, 1.82) is 0 Å². The Hall–Kier alpha value is -2.11. The van der Waals surface area contributed by atoms with E-state index < -0.39 is 0 Å². The fraction of sp³-hybridized carbons (Fsp3) is 0.538. The van der Waals surface area contributed by atoms with Gasteiger partial charge in [0.05, 0.1) is 0 Å². The molecular formula is C26H33ClN4O. The van der Waals surface area contributed by atoms with Gasteiger partial charge < -0.3 is 9.80 Å². The number of halogens is 1. The Bertz CT molecular complexity index is 937. The molecule has 5 nitrogen and oxygen atoms in total. The first kappa shape index (κ1) is 21.7. The first-order valence-electron chi connectivity index (χ1n) is 12.2. The lowest BCUT2D eigenvalue weighted by atomic mass is 9.86. The average molecular weight is 453 g/mol.